The smallest absolute Gasteiger partial charge is 0.0468 e. The molecule has 2 nitrogen and oxygen atoms in total. The maximum atomic E-state index is 8.74. The Kier molecular flexibility index (Phi) is 5.83. The first kappa shape index (κ1) is 11.3. The third-order valence-corrected chi connectivity index (χ3v) is 3.96. The summed E-state index contributed by atoms with van der Waals surface area (Å²) in [7, 11) is 0. The summed E-state index contributed by atoms with van der Waals surface area (Å²) in [5.41, 5.74) is 0. The number of ether oxygens (including phenoxy) is 1. The zero-order chi connectivity index (χ0) is 9.52. The predicted molar refractivity (Wildman–Crippen MR) is 57.2 cm³/mol. The summed E-state index contributed by atoms with van der Waals surface area (Å²) >= 11 is 1.99. The minimum absolute atomic E-state index is 0.321. The molecule has 1 fully saturated rings. The van der Waals surface area contributed by atoms with Crippen LogP contribution in [0.4, 0.5) is 0 Å². The number of hydrogen-bond acceptors (Lipinski definition) is 3. The quantitative estimate of drug-likeness (QED) is 0.742. The highest BCUT2D eigenvalue weighted by atomic mass is 32.2. The van der Waals surface area contributed by atoms with Crippen LogP contribution in [0.3, 0.4) is 0 Å². The first-order valence-corrected chi connectivity index (χ1v) is 6.18. The fraction of sp³-hybridized carbons (Fsp3) is 1.00. The van der Waals surface area contributed by atoms with Crippen LogP contribution in [-0.4, -0.2) is 35.9 Å². The van der Waals surface area contributed by atoms with Crippen molar-refractivity contribution in [2.45, 2.75) is 31.4 Å². The van der Waals surface area contributed by atoms with Crippen molar-refractivity contribution in [2.75, 3.05) is 25.6 Å². The second-order valence-electron chi connectivity index (χ2n) is 3.71. The molecule has 0 aromatic heterocycles. The maximum absolute atomic E-state index is 8.74. The number of rotatable bonds is 5. The van der Waals surface area contributed by atoms with Gasteiger partial charge in [0.15, 0.2) is 0 Å². The van der Waals surface area contributed by atoms with E-state index in [1.165, 1.54) is 18.6 Å². The van der Waals surface area contributed by atoms with E-state index < -0.39 is 0 Å². The Morgan fingerprint density at radius 1 is 1.46 bits per heavy atom. The minimum atomic E-state index is 0.321. The Balaban J connectivity index is 2.03. The van der Waals surface area contributed by atoms with Crippen LogP contribution in [0.1, 0.15) is 26.2 Å². The Morgan fingerprint density at radius 2 is 2.15 bits per heavy atom. The zero-order valence-electron chi connectivity index (χ0n) is 8.37. The van der Waals surface area contributed by atoms with Gasteiger partial charge in [-0.25, -0.2) is 0 Å². The third kappa shape index (κ3) is 4.89. The normalized spacial score (nSPS) is 21.7. The van der Waals surface area contributed by atoms with E-state index in [9.17, 15) is 0 Å². The molecule has 1 atom stereocenters. The molecule has 1 heterocycles. The van der Waals surface area contributed by atoms with Gasteiger partial charge in [-0.05, 0) is 30.9 Å². The van der Waals surface area contributed by atoms with Gasteiger partial charge in [0.05, 0.1) is 0 Å². The summed E-state index contributed by atoms with van der Waals surface area (Å²) in [5, 5.41) is 9.34. The van der Waals surface area contributed by atoms with Crippen molar-refractivity contribution in [3.63, 3.8) is 0 Å². The number of aliphatic hydroxyl groups excluding tert-OH is 1. The summed E-state index contributed by atoms with van der Waals surface area (Å²) in [6.45, 7) is 4.40. The highest BCUT2D eigenvalue weighted by Gasteiger charge is 2.14. The molecule has 1 aliphatic rings. The van der Waals surface area contributed by atoms with Gasteiger partial charge < -0.3 is 9.84 Å². The van der Waals surface area contributed by atoms with Crippen LogP contribution in [-0.2, 0) is 4.74 Å². The second kappa shape index (κ2) is 6.68. The lowest BCUT2D eigenvalue weighted by Gasteiger charge is -2.22. The molecule has 1 N–H and O–H groups in total. The van der Waals surface area contributed by atoms with Gasteiger partial charge in [-0.2, -0.15) is 11.8 Å². The van der Waals surface area contributed by atoms with Crippen LogP contribution in [0.15, 0.2) is 0 Å². The number of aliphatic hydroxyl groups is 1. The van der Waals surface area contributed by atoms with E-state index >= 15 is 0 Å². The van der Waals surface area contributed by atoms with E-state index in [2.05, 4.69) is 6.92 Å². The fourth-order valence-corrected chi connectivity index (χ4v) is 2.68. The molecule has 0 bridgehead atoms. The van der Waals surface area contributed by atoms with E-state index in [1.807, 2.05) is 11.8 Å². The van der Waals surface area contributed by atoms with E-state index in [0.29, 0.717) is 11.9 Å². The lowest BCUT2D eigenvalue weighted by Crippen LogP contribution is -2.18. The molecule has 0 aromatic rings. The molecular weight excluding hydrogens is 184 g/mol. The lowest BCUT2D eigenvalue weighted by atomic mass is 10.0. The van der Waals surface area contributed by atoms with Crippen LogP contribution in [0.25, 0.3) is 0 Å². The summed E-state index contributed by atoms with van der Waals surface area (Å²) < 4.78 is 5.30. The SMILES string of the molecule is CC(CCO)SCC1CCOCC1. The molecule has 13 heavy (non-hydrogen) atoms. The molecule has 1 rings (SSSR count). The van der Waals surface area contributed by atoms with Crippen molar-refractivity contribution >= 4 is 11.8 Å². The first-order valence-electron chi connectivity index (χ1n) is 5.13. The van der Waals surface area contributed by atoms with Crippen LogP contribution in [0.5, 0.6) is 0 Å². The molecule has 0 spiro atoms. The van der Waals surface area contributed by atoms with Crippen LogP contribution in [0, 0.1) is 5.92 Å². The molecule has 1 unspecified atom stereocenters. The molecular formula is C10H20O2S. The van der Waals surface area contributed by atoms with Crippen LogP contribution in [0.2, 0.25) is 0 Å². The summed E-state index contributed by atoms with van der Waals surface area (Å²) in [5.74, 6) is 2.09. The Morgan fingerprint density at radius 3 is 2.77 bits per heavy atom. The average molecular weight is 204 g/mol. The minimum Gasteiger partial charge on any atom is -0.396 e. The van der Waals surface area contributed by atoms with Crippen molar-refractivity contribution in [1.29, 1.82) is 0 Å². The molecule has 1 saturated heterocycles. The fourth-order valence-electron chi connectivity index (χ4n) is 1.48. The monoisotopic (exact) mass is 204 g/mol. The lowest BCUT2D eigenvalue weighted by molar-refractivity contribution is 0.0727. The summed E-state index contributed by atoms with van der Waals surface area (Å²) in [6, 6.07) is 0. The highest BCUT2D eigenvalue weighted by Crippen LogP contribution is 2.23. The molecule has 3 heteroatoms. The number of hydrogen-bond donors (Lipinski definition) is 1. The van der Waals surface area contributed by atoms with Gasteiger partial charge in [-0.1, -0.05) is 6.92 Å². The van der Waals surface area contributed by atoms with E-state index in [1.54, 1.807) is 0 Å². The van der Waals surface area contributed by atoms with Crippen LogP contribution < -0.4 is 0 Å². The number of thioether (sulfide) groups is 1. The van der Waals surface area contributed by atoms with Crippen molar-refractivity contribution in [3.8, 4) is 0 Å². The second-order valence-corrected chi connectivity index (χ2v) is 5.18. The first-order chi connectivity index (χ1) is 6.33. The van der Waals surface area contributed by atoms with Gasteiger partial charge in [0, 0.05) is 25.1 Å². The summed E-state index contributed by atoms with van der Waals surface area (Å²) in [4.78, 5) is 0. The van der Waals surface area contributed by atoms with Crippen molar-refractivity contribution < 1.29 is 9.84 Å². The van der Waals surface area contributed by atoms with Gasteiger partial charge in [-0.3, -0.25) is 0 Å². The van der Waals surface area contributed by atoms with Gasteiger partial charge in [0.1, 0.15) is 0 Å². The zero-order valence-corrected chi connectivity index (χ0v) is 9.18. The van der Waals surface area contributed by atoms with Gasteiger partial charge >= 0.3 is 0 Å². The van der Waals surface area contributed by atoms with E-state index in [0.717, 1.165) is 25.6 Å². The van der Waals surface area contributed by atoms with Gasteiger partial charge in [0.25, 0.3) is 0 Å². The topological polar surface area (TPSA) is 29.5 Å². The van der Waals surface area contributed by atoms with E-state index in [-0.39, 0.29) is 0 Å². The Bertz CT molecular complexity index is 124. The predicted octanol–water partition coefficient (Wildman–Crippen LogP) is 1.92. The van der Waals surface area contributed by atoms with Crippen LogP contribution >= 0.6 is 11.8 Å². The third-order valence-electron chi connectivity index (χ3n) is 2.49. The molecule has 0 amide bonds. The van der Waals surface area contributed by atoms with Crippen molar-refractivity contribution in [3.05, 3.63) is 0 Å². The van der Waals surface area contributed by atoms with Gasteiger partial charge in [0.2, 0.25) is 0 Å². The summed E-state index contributed by atoms with van der Waals surface area (Å²) in [6.07, 6.45) is 3.37. The van der Waals surface area contributed by atoms with Crippen molar-refractivity contribution in [1.82, 2.24) is 0 Å². The standard InChI is InChI=1S/C10H20O2S/c1-9(2-5-11)13-8-10-3-6-12-7-4-10/h9-11H,2-8H2,1H3. The Labute approximate surface area is 85.0 Å². The maximum Gasteiger partial charge on any atom is 0.0468 e. The van der Waals surface area contributed by atoms with Crippen molar-refractivity contribution in [2.24, 2.45) is 5.92 Å². The Hall–Kier alpha value is 0.270. The molecule has 0 aromatic carbocycles. The average Bonchev–Trinajstić information content (AvgIpc) is 2.17. The molecule has 0 aliphatic carbocycles. The van der Waals surface area contributed by atoms with E-state index in [4.69, 9.17) is 9.84 Å². The highest BCUT2D eigenvalue weighted by molar-refractivity contribution is 7.99. The molecule has 78 valence electrons. The van der Waals surface area contributed by atoms with Gasteiger partial charge in [-0.15, -0.1) is 0 Å². The largest absolute Gasteiger partial charge is 0.396 e. The molecule has 1 aliphatic heterocycles. The molecule has 0 saturated carbocycles. The molecule has 0 radical (unpaired) electrons.